The Labute approximate surface area is 210 Å². The van der Waals surface area contributed by atoms with E-state index in [-0.39, 0.29) is 15.8 Å². The number of amides is 1. The molecule has 0 atom stereocenters. The molecule has 0 spiro atoms. The molecule has 10 heteroatoms. The number of anilines is 1. The lowest BCUT2D eigenvalue weighted by Crippen LogP contribution is -2.27. The third-order valence-corrected chi connectivity index (χ3v) is 6.37. The number of aryl methyl sites for hydroxylation is 1. The van der Waals surface area contributed by atoms with Crippen LogP contribution in [0.25, 0.3) is 6.08 Å². The van der Waals surface area contributed by atoms with Crippen LogP contribution in [0.2, 0.25) is 0 Å². The number of thiocarbonyl (C=S) groups is 1. The van der Waals surface area contributed by atoms with Crippen LogP contribution in [0.5, 0.6) is 11.5 Å². The van der Waals surface area contributed by atoms with E-state index in [2.05, 4.69) is 0 Å². The normalized spacial score (nSPS) is 14.3. The highest BCUT2D eigenvalue weighted by Gasteiger charge is 2.34. The van der Waals surface area contributed by atoms with Crippen molar-refractivity contribution in [3.63, 3.8) is 0 Å². The van der Waals surface area contributed by atoms with Gasteiger partial charge in [0.25, 0.3) is 11.6 Å². The fourth-order valence-electron chi connectivity index (χ4n) is 3.29. The van der Waals surface area contributed by atoms with Gasteiger partial charge in [0.05, 0.1) is 28.2 Å². The van der Waals surface area contributed by atoms with E-state index in [9.17, 15) is 19.7 Å². The van der Waals surface area contributed by atoms with Crippen LogP contribution in [0.15, 0.2) is 71.6 Å². The van der Waals surface area contributed by atoms with Crippen LogP contribution in [0, 0.1) is 17.0 Å². The van der Waals surface area contributed by atoms with Gasteiger partial charge in [0.2, 0.25) is 0 Å². The SMILES string of the molecule is COc1cc(/C=C2/SC(=S)N(c3cccc([N+](=O)[O-])c3)C2=O)ccc1OC(=O)c1ccc(C)cc1. The van der Waals surface area contributed by atoms with Gasteiger partial charge < -0.3 is 9.47 Å². The van der Waals surface area contributed by atoms with Gasteiger partial charge in [-0.2, -0.15) is 0 Å². The summed E-state index contributed by atoms with van der Waals surface area (Å²) in [6.45, 7) is 1.92. The molecule has 1 heterocycles. The number of methoxy groups -OCH3 is 1. The summed E-state index contributed by atoms with van der Waals surface area (Å²) in [5.41, 5.74) is 2.24. The van der Waals surface area contributed by atoms with Gasteiger partial charge in [-0.25, -0.2) is 4.79 Å². The highest BCUT2D eigenvalue weighted by Crippen LogP contribution is 2.38. The van der Waals surface area contributed by atoms with Crippen LogP contribution in [0.4, 0.5) is 11.4 Å². The standard InChI is InChI=1S/C25H18N2O6S2/c1-15-6-9-17(10-7-15)24(29)33-20-11-8-16(12-21(20)32-2)13-22-23(28)26(25(34)35-22)18-4-3-5-19(14-18)27(30)31/h3-14H,1-2H3/b22-13+. The molecule has 3 aromatic carbocycles. The maximum absolute atomic E-state index is 13.0. The lowest BCUT2D eigenvalue weighted by atomic mass is 10.1. The molecule has 0 saturated carbocycles. The summed E-state index contributed by atoms with van der Waals surface area (Å²) in [6.07, 6.45) is 1.63. The average Bonchev–Trinajstić information content (AvgIpc) is 3.12. The van der Waals surface area contributed by atoms with E-state index in [1.807, 2.05) is 19.1 Å². The molecule has 176 valence electrons. The lowest BCUT2D eigenvalue weighted by molar-refractivity contribution is -0.384. The number of esters is 1. The Kier molecular flexibility index (Phi) is 6.94. The first kappa shape index (κ1) is 24.1. The Morgan fingerprint density at radius 2 is 1.83 bits per heavy atom. The van der Waals surface area contributed by atoms with Crippen molar-refractivity contribution in [2.45, 2.75) is 6.92 Å². The third kappa shape index (κ3) is 5.23. The minimum absolute atomic E-state index is 0.138. The van der Waals surface area contributed by atoms with Crippen LogP contribution < -0.4 is 14.4 Å². The number of thioether (sulfide) groups is 1. The van der Waals surface area contributed by atoms with Gasteiger partial charge in [-0.1, -0.05) is 53.8 Å². The van der Waals surface area contributed by atoms with Crippen LogP contribution in [0.3, 0.4) is 0 Å². The Bertz CT molecular complexity index is 1380. The van der Waals surface area contributed by atoms with Crippen LogP contribution >= 0.6 is 24.0 Å². The summed E-state index contributed by atoms with van der Waals surface area (Å²) in [4.78, 5) is 37.7. The van der Waals surface area contributed by atoms with Gasteiger partial charge in [-0.15, -0.1) is 0 Å². The fraction of sp³-hybridized carbons (Fsp3) is 0.0800. The summed E-state index contributed by atoms with van der Waals surface area (Å²) in [6, 6.07) is 17.6. The van der Waals surface area contributed by atoms with Gasteiger partial charge in [-0.05, 0) is 48.9 Å². The first-order valence-electron chi connectivity index (χ1n) is 10.3. The number of ether oxygens (including phenoxy) is 2. The second-order valence-electron chi connectivity index (χ2n) is 7.46. The number of rotatable bonds is 6. The van der Waals surface area contributed by atoms with Crippen molar-refractivity contribution >= 4 is 57.6 Å². The Balaban J connectivity index is 1.56. The predicted octanol–water partition coefficient (Wildman–Crippen LogP) is 5.54. The monoisotopic (exact) mass is 506 g/mol. The second-order valence-corrected chi connectivity index (χ2v) is 9.14. The van der Waals surface area contributed by atoms with Crippen molar-refractivity contribution in [1.82, 2.24) is 0 Å². The summed E-state index contributed by atoms with van der Waals surface area (Å²) in [5.74, 6) is -0.365. The Hall–Kier alpha value is -4.02. The number of nitro groups is 1. The molecule has 0 aliphatic carbocycles. The molecule has 0 aromatic heterocycles. The number of hydrogen-bond donors (Lipinski definition) is 0. The van der Waals surface area contributed by atoms with Crippen LogP contribution in [-0.2, 0) is 4.79 Å². The molecule has 0 N–H and O–H groups in total. The van der Waals surface area contributed by atoms with Crippen molar-refractivity contribution in [2.24, 2.45) is 0 Å². The van der Waals surface area contributed by atoms with Crippen molar-refractivity contribution < 1.29 is 24.0 Å². The fourth-order valence-corrected chi connectivity index (χ4v) is 4.59. The number of carbonyl (C=O) groups is 2. The molecule has 8 nitrogen and oxygen atoms in total. The van der Waals surface area contributed by atoms with E-state index in [4.69, 9.17) is 21.7 Å². The van der Waals surface area contributed by atoms with Gasteiger partial charge in [0.15, 0.2) is 15.8 Å². The molecule has 1 saturated heterocycles. The highest BCUT2D eigenvalue weighted by molar-refractivity contribution is 8.27. The van der Waals surface area contributed by atoms with E-state index >= 15 is 0 Å². The quantitative estimate of drug-likeness (QED) is 0.107. The van der Waals surface area contributed by atoms with E-state index in [0.717, 1.165) is 17.3 Å². The summed E-state index contributed by atoms with van der Waals surface area (Å²) in [7, 11) is 1.45. The van der Waals surface area contributed by atoms with E-state index < -0.39 is 16.8 Å². The zero-order valence-corrected chi connectivity index (χ0v) is 20.2. The second kappa shape index (κ2) is 10.1. The molecule has 1 aliphatic rings. The topological polar surface area (TPSA) is 99.0 Å². The molecule has 1 amide bonds. The van der Waals surface area contributed by atoms with E-state index in [1.165, 1.54) is 30.2 Å². The van der Waals surface area contributed by atoms with Crippen molar-refractivity contribution in [1.29, 1.82) is 0 Å². The molecule has 35 heavy (non-hydrogen) atoms. The van der Waals surface area contributed by atoms with Crippen molar-refractivity contribution in [2.75, 3.05) is 12.0 Å². The first-order valence-corrected chi connectivity index (χ1v) is 11.5. The minimum atomic E-state index is -0.531. The highest BCUT2D eigenvalue weighted by atomic mass is 32.2. The lowest BCUT2D eigenvalue weighted by Gasteiger charge is -2.14. The van der Waals surface area contributed by atoms with Gasteiger partial charge in [-0.3, -0.25) is 19.8 Å². The molecular formula is C25H18N2O6S2. The maximum atomic E-state index is 13.0. The number of non-ortho nitro benzene ring substituents is 1. The van der Waals surface area contributed by atoms with E-state index in [0.29, 0.717) is 27.5 Å². The van der Waals surface area contributed by atoms with Gasteiger partial charge in [0.1, 0.15) is 0 Å². The molecule has 0 radical (unpaired) electrons. The smallest absolute Gasteiger partial charge is 0.343 e. The van der Waals surface area contributed by atoms with E-state index in [1.54, 1.807) is 42.5 Å². The third-order valence-electron chi connectivity index (χ3n) is 5.07. The zero-order chi connectivity index (χ0) is 25.1. The van der Waals surface area contributed by atoms with Crippen molar-refractivity contribution in [3.8, 4) is 11.5 Å². The molecule has 1 fully saturated rings. The number of benzene rings is 3. The predicted molar refractivity (Wildman–Crippen MR) is 138 cm³/mol. The first-order chi connectivity index (χ1) is 16.8. The Morgan fingerprint density at radius 3 is 2.51 bits per heavy atom. The number of carbonyl (C=O) groups excluding carboxylic acids is 2. The largest absolute Gasteiger partial charge is 0.493 e. The minimum Gasteiger partial charge on any atom is -0.493 e. The summed E-state index contributed by atoms with van der Waals surface area (Å²) >= 11 is 6.43. The van der Waals surface area contributed by atoms with Crippen LogP contribution in [-0.4, -0.2) is 28.2 Å². The molecule has 3 aromatic rings. The maximum Gasteiger partial charge on any atom is 0.343 e. The molecule has 1 aliphatic heterocycles. The number of hydrogen-bond acceptors (Lipinski definition) is 8. The number of nitrogens with zero attached hydrogens (tertiary/aromatic N) is 2. The van der Waals surface area contributed by atoms with Gasteiger partial charge in [0, 0.05) is 12.1 Å². The molecule has 4 rings (SSSR count). The van der Waals surface area contributed by atoms with Crippen molar-refractivity contribution in [3.05, 3.63) is 98.4 Å². The number of nitro benzene ring substituents is 1. The summed E-state index contributed by atoms with van der Waals surface area (Å²) < 4.78 is 11.1. The molecular weight excluding hydrogens is 488 g/mol. The average molecular weight is 507 g/mol. The Morgan fingerprint density at radius 1 is 1.09 bits per heavy atom. The molecule has 0 bridgehead atoms. The van der Waals surface area contributed by atoms with Crippen LogP contribution in [0.1, 0.15) is 21.5 Å². The molecule has 0 unspecified atom stereocenters. The summed E-state index contributed by atoms with van der Waals surface area (Å²) in [5, 5.41) is 11.1. The van der Waals surface area contributed by atoms with Gasteiger partial charge >= 0.3 is 5.97 Å². The zero-order valence-electron chi connectivity index (χ0n) is 18.6.